The molecule has 1 fully saturated rings. The molecule has 3 heterocycles. The van der Waals surface area contributed by atoms with Crippen molar-refractivity contribution in [1.82, 2.24) is 25.0 Å². The van der Waals surface area contributed by atoms with Crippen molar-refractivity contribution >= 4 is 28.9 Å². The normalized spacial score (nSPS) is 13.7. The zero-order valence-electron chi connectivity index (χ0n) is 16.7. The number of hydrogen-bond acceptors (Lipinski definition) is 6. The number of rotatable bonds is 5. The molecule has 1 aliphatic heterocycles. The van der Waals surface area contributed by atoms with Crippen molar-refractivity contribution in [2.75, 3.05) is 19.7 Å². The minimum atomic E-state index is -0.671. The number of imide groups is 1. The molecule has 3 aromatic rings. The topological polar surface area (TPSA) is 106 Å². The summed E-state index contributed by atoms with van der Waals surface area (Å²) in [5, 5.41) is 7.44. The van der Waals surface area contributed by atoms with Crippen molar-refractivity contribution in [2.24, 2.45) is 0 Å². The van der Waals surface area contributed by atoms with Crippen molar-refractivity contribution in [3.8, 4) is 11.3 Å². The lowest BCUT2D eigenvalue weighted by atomic mass is 10.1. The van der Waals surface area contributed by atoms with Gasteiger partial charge in [-0.3, -0.25) is 9.69 Å². The molecule has 1 saturated heterocycles. The molecule has 1 aliphatic rings. The summed E-state index contributed by atoms with van der Waals surface area (Å²) in [4.78, 5) is 42.4. The average Bonchev–Trinajstić information content (AvgIpc) is 3.37. The maximum Gasteiger partial charge on any atom is 0.339 e. The Kier molecular flexibility index (Phi) is 5.18. The van der Waals surface area contributed by atoms with E-state index in [0.29, 0.717) is 23.3 Å². The number of aromatic nitrogens is 3. The fourth-order valence-corrected chi connectivity index (χ4v) is 3.31. The molecule has 0 atom stereocenters. The van der Waals surface area contributed by atoms with Crippen LogP contribution in [0, 0.1) is 0 Å². The standard InChI is InChI=1S/C21H21N5O4/c1-13(2)26-19-16(11-23-26)15(10-17(24-19)14-6-4-3-5-7-14)20(28)30-12-18(27)25-9-8-22-21(25)29/h3-7,10-11,13H,8-9,12H2,1-2H3,(H,22,29). The molecule has 154 valence electrons. The number of pyridine rings is 1. The van der Waals surface area contributed by atoms with Gasteiger partial charge in [-0.25, -0.2) is 19.3 Å². The summed E-state index contributed by atoms with van der Waals surface area (Å²) in [7, 11) is 0. The van der Waals surface area contributed by atoms with Crippen molar-refractivity contribution in [3.63, 3.8) is 0 Å². The predicted octanol–water partition coefficient (Wildman–Crippen LogP) is 2.39. The lowest BCUT2D eigenvalue weighted by Crippen LogP contribution is -2.37. The van der Waals surface area contributed by atoms with Gasteiger partial charge in [-0.05, 0) is 19.9 Å². The van der Waals surface area contributed by atoms with Crippen LogP contribution in [0.2, 0.25) is 0 Å². The van der Waals surface area contributed by atoms with E-state index in [1.165, 1.54) is 0 Å². The van der Waals surface area contributed by atoms with Crippen molar-refractivity contribution in [3.05, 3.63) is 48.2 Å². The van der Waals surface area contributed by atoms with Crippen molar-refractivity contribution in [1.29, 1.82) is 0 Å². The summed E-state index contributed by atoms with van der Waals surface area (Å²) < 4.78 is 6.98. The lowest BCUT2D eigenvalue weighted by Gasteiger charge is -2.13. The van der Waals surface area contributed by atoms with Crippen LogP contribution in [0.3, 0.4) is 0 Å². The Morgan fingerprint density at radius 2 is 2.00 bits per heavy atom. The number of fused-ring (bicyclic) bond motifs is 1. The van der Waals surface area contributed by atoms with E-state index in [1.54, 1.807) is 16.9 Å². The molecule has 0 radical (unpaired) electrons. The van der Waals surface area contributed by atoms with E-state index >= 15 is 0 Å². The number of carbonyl (C=O) groups excluding carboxylic acids is 3. The molecule has 0 bridgehead atoms. The van der Waals surface area contributed by atoms with E-state index in [1.807, 2.05) is 44.2 Å². The molecule has 30 heavy (non-hydrogen) atoms. The first kappa shape index (κ1) is 19.6. The summed E-state index contributed by atoms with van der Waals surface area (Å²) in [5.74, 6) is -1.24. The van der Waals surface area contributed by atoms with Crippen LogP contribution in [0.25, 0.3) is 22.3 Å². The van der Waals surface area contributed by atoms with Gasteiger partial charge < -0.3 is 10.1 Å². The van der Waals surface area contributed by atoms with Gasteiger partial charge in [0.05, 0.1) is 22.8 Å². The molecule has 9 nitrogen and oxygen atoms in total. The van der Waals surface area contributed by atoms with Gasteiger partial charge in [0.1, 0.15) is 0 Å². The second kappa shape index (κ2) is 7.94. The van der Waals surface area contributed by atoms with E-state index in [2.05, 4.69) is 10.4 Å². The first-order chi connectivity index (χ1) is 14.5. The Hall–Kier alpha value is -3.75. The maximum atomic E-state index is 12.9. The molecule has 1 aromatic carbocycles. The molecule has 4 rings (SSSR count). The third kappa shape index (κ3) is 3.61. The van der Waals surface area contributed by atoms with Gasteiger partial charge in [0, 0.05) is 24.7 Å². The molecular weight excluding hydrogens is 386 g/mol. The largest absolute Gasteiger partial charge is 0.452 e. The van der Waals surface area contributed by atoms with E-state index in [4.69, 9.17) is 9.72 Å². The van der Waals surface area contributed by atoms with Gasteiger partial charge in [-0.15, -0.1) is 0 Å². The molecule has 2 aromatic heterocycles. The second-order valence-electron chi connectivity index (χ2n) is 7.19. The molecule has 0 spiro atoms. The number of esters is 1. The number of urea groups is 1. The monoisotopic (exact) mass is 407 g/mol. The number of hydrogen-bond donors (Lipinski definition) is 1. The second-order valence-corrected chi connectivity index (χ2v) is 7.19. The molecule has 9 heteroatoms. The lowest BCUT2D eigenvalue weighted by molar-refractivity contribution is -0.130. The molecular formula is C21H21N5O4. The highest BCUT2D eigenvalue weighted by Crippen LogP contribution is 2.26. The van der Waals surface area contributed by atoms with Gasteiger partial charge in [0.15, 0.2) is 12.3 Å². The third-order valence-corrected chi connectivity index (χ3v) is 4.83. The summed E-state index contributed by atoms with van der Waals surface area (Å²) in [6.07, 6.45) is 1.57. The highest BCUT2D eigenvalue weighted by molar-refractivity contribution is 6.05. The Morgan fingerprint density at radius 3 is 2.67 bits per heavy atom. The number of amides is 3. The summed E-state index contributed by atoms with van der Waals surface area (Å²) >= 11 is 0. The van der Waals surface area contributed by atoms with Crippen molar-refractivity contribution in [2.45, 2.75) is 19.9 Å². The minimum absolute atomic E-state index is 0.0418. The number of nitrogens with zero attached hydrogens (tertiary/aromatic N) is 4. The summed E-state index contributed by atoms with van der Waals surface area (Å²) in [5.41, 5.74) is 2.27. The molecule has 0 saturated carbocycles. The first-order valence-electron chi connectivity index (χ1n) is 9.64. The van der Waals surface area contributed by atoms with Gasteiger partial charge in [0.2, 0.25) is 0 Å². The SMILES string of the molecule is CC(C)n1ncc2c(C(=O)OCC(=O)N3CCNC3=O)cc(-c3ccccc3)nc21. The van der Waals surface area contributed by atoms with Crippen LogP contribution >= 0.6 is 0 Å². The van der Waals surface area contributed by atoms with E-state index in [0.717, 1.165) is 10.5 Å². The maximum absolute atomic E-state index is 12.9. The fraction of sp³-hybridized carbons (Fsp3) is 0.286. The van der Waals surface area contributed by atoms with Gasteiger partial charge >= 0.3 is 12.0 Å². The quantitative estimate of drug-likeness (QED) is 0.651. The smallest absolute Gasteiger partial charge is 0.339 e. The fourth-order valence-electron chi connectivity index (χ4n) is 3.31. The molecule has 0 aliphatic carbocycles. The highest BCUT2D eigenvalue weighted by atomic mass is 16.5. The van der Waals surface area contributed by atoms with Crippen LogP contribution in [0.1, 0.15) is 30.2 Å². The summed E-state index contributed by atoms with van der Waals surface area (Å²) in [6, 6.07) is 10.7. The number of carbonyl (C=O) groups is 3. The summed E-state index contributed by atoms with van der Waals surface area (Å²) in [6.45, 7) is 4.07. The van der Waals surface area contributed by atoms with E-state index in [-0.39, 0.29) is 18.2 Å². The Morgan fingerprint density at radius 1 is 1.23 bits per heavy atom. The minimum Gasteiger partial charge on any atom is -0.452 e. The van der Waals surface area contributed by atoms with E-state index < -0.39 is 24.5 Å². The van der Waals surface area contributed by atoms with Crippen LogP contribution in [-0.4, -0.2) is 57.3 Å². The van der Waals surface area contributed by atoms with Gasteiger partial charge in [0.25, 0.3) is 5.91 Å². The van der Waals surface area contributed by atoms with Crippen LogP contribution in [-0.2, 0) is 9.53 Å². The molecule has 0 unspecified atom stereocenters. The van der Waals surface area contributed by atoms with Crippen LogP contribution in [0.5, 0.6) is 0 Å². The first-order valence-corrected chi connectivity index (χ1v) is 9.64. The van der Waals surface area contributed by atoms with Crippen LogP contribution in [0.4, 0.5) is 4.79 Å². The molecule has 1 N–H and O–H groups in total. The van der Waals surface area contributed by atoms with Crippen molar-refractivity contribution < 1.29 is 19.1 Å². The number of benzene rings is 1. The highest BCUT2D eigenvalue weighted by Gasteiger charge is 2.27. The van der Waals surface area contributed by atoms with E-state index in [9.17, 15) is 14.4 Å². The Bertz CT molecular complexity index is 1120. The predicted molar refractivity (Wildman–Crippen MR) is 109 cm³/mol. The number of ether oxygens (including phenoxy) is 1. The molecule has 3 amide bonds. The van der Waals surface area contributed by atoms with Gasteiger partial charge in [-0.1, -0.05) is 30.3 Å². The third-order valence-electron chi connectivity index (χ3n) is 4.83. The Labute approximate surface area is 172 Å². The zero-order chi connectivity index (χ0) is 21.3. The average molecular weight is 407 g/mol. The van der Waals surface area contributed by atoms with Crippen LogP contribution < -0.4 is 5.32 Å². The van der Waals surface area contributed by atoms with Crippen LogP contribution in [0.15, 0.2) is 42.6 Å². The zero-order valence-corrected chi connectivity index (χ0v) is 16.7. The number of nitrogens with one attached hydrogen (secondary N) is 1. The Balaban J connectivity index is 1.67. The van der Waals surface area contributed by atoms with Gasteiger partial charge in [-0.2, -0.15) is 5.10 Å².